The number of fused-ring (bicyclic) bond motifs is 3. The highest BCUT2D eigenvalue weighted by molar-refractivity contribution is 5.82. The van der Waals surface area contributed by atoms with Crippen LogP contribution in [0.4, 0.5) is 4.79 Å². The summed E-state index contributed by atoms with van der Waals surface area (Å²) in [5, 5.41) is 11.9. The van der Waals surface area contributed by atoms with E-state index in [2.05, 4.69) is 36.2 Å². The number of nitrogens with one attached hydrogen (secondary N) is 1. The van der Waals surface area contributed by atoms with Gasteiger partial charge in [0, 0.05) is 24.9 Å². The fourth-order valence-corrected chi connectivity index (χ4v) is 4.52. The number of nitrogens with zero attached hydrogens (tertiary/aromatic N) is 1. The Hall–Kier alpha value is -3.61. The molecule has 33 heavy (non-hydrogen) atoms. The number of alkyl carbamates (subject to hydrolysis) is 1. The van der Waals surface area contributed by atoms with Crippen molar-refractivity contribution in [3.8, 4) is 11.1 Å². The fraction of sp³-hybridized carbons (Fsp3) is 0.346. The maximum absolute atomic E-state index is 12.7. The molecule has 1 saturated carbocycles. The van der Waals surface area contributed by atoms with Crippen molar-refractivity contribution < 1.29 is 24.2 Å². The molecule has 0 radical (unpaired) electrons. The quantitative estimate of drug-likeness (QED) is 0.539. The van der Waals surface area contributed by atoms with Crippen LogP contribution in [0.2, 0.25) is 0 Å². The molecule has 2 aromatic carbocycles. The molecule has 0 aliphatic heterocycles. The Kier molecular flexibility index (Phi) is 6.77. The van der Waals surface area contributed by atoms with E-state index >= 15 is 0 Å². The van der Waals surface area contributed by atoms with Crippen molar-refractivity contribution in [2.75, 3.05) is 19.7 Å². The van der Waals surface area contributed by atoms with Crippen LogP contribution in [-0.4, -0.2) is 53.7 Å². The molecule has 2 aliphatic carbocycles. The lowest BCUT2D eigenvalue weighted by atomic mass is 9.98. The zero-order chi connectivity index (χ0) is 23.4. The van der Waals surface area contributed by atoms with Crippen LogP contribution < -0.4 is 5.32 Å². The molecule has 172 valence electrons. The Labute approximate surface area is 193 Å². The summed E-state index contributed by atoms with van der Waals surface area (Å²) in [6.07, 6.45) is 2.81. The van der Waals surface area contributed by atoms with Crippen LogP contribution in [0.3, 0.4) is 0 Å². The van der Waals surface area contributed by atoms with Crippen LogP contribution in [0.1, 0.15) is 36.3 Å². The van der Waals surface area contributed by atoms with E-state index in [1.165, 1.54) is 11.0 Å². The fourth-order valence-electron chi connectivity index (χ4n) is 4.52. The van der Waals surface area contributed by atoms with Crippen LogP contribution in [0.25, 0.3) is 11.1 Å². The molecule has 0 bridgehead atoms. The summed E-state index contributed by atoms with van der Waals surface area (Å²) in [7, 11) is 0. The summed E-state index contributed by atoms with van der Waals surface area (Å²) in [6, 6.07) is 15.9. The van der Waals surface area contributed by atoms with Gasteiger partial charge in [0.1, 0.15) is 13.2 Å². The first-order valence-corrected chi connectivity index (χ1v) is 11.2. The van der Waals surface area contributed by atoms with Gasteiger partial charge < -0.3 is 20.1 Å². The summed E-state index contributed by atoms with van der Waals surface area (Å²) < 4.78 is 5.62. The third-order valence-corrected chi connectivity index (χ3v) is 6.26. The van der Waals surface area contributed by atoms with Crippen molar-refractivity contribution in [2.24, 2.45) is 5.92 Å². The predicted octanol–water partition coefficient (Wildman–Crippen LogP) is 3.79. The third kappa shape index (κ3) is 5.25. The number of ether oxygens (including phenoxy) is 1. The van der Waals surface area contributed by atoms with Gasteiger partial charge in [-0.1, -0.05) is 54.6 Å². The normalized spacial score (nSPS) is 15.2. The van der Waals surface area contributed by atoms with Crippen molar-refractivity contribution in [1.29, 1.82) is 0 Å². The average Bonchev–Trinajstić information content (AvgIpc) is 3.60. The highest BCUT2D eigenvalue weighted by Crippen LogP contribution is 2.44. The van der Waals surface area contributed by atoms with E-state index in [0.29, 0.717) is 0 Å². The lowest BCUT2D eigenvalue weighted by molar-refractivity contribution is -0.144. The molecule has 2 aromatic rings. The van der Waals surface area contributed by atoms with Crippen LogP contribution in [0, 0.1) is 5.92 Å². The molecule has 0 heterocycles. The lowest BCUT2D eigenvalue weighted by Gasteiger charge is -2.24. The molecule has 4 rings (SSSR count). The standard InChI is InChI=1S/C26H28N2O5/c1-2-13-28(15-25(30)31)24(29)14-23(17-11-12-17)27-26(32)33-16-22-20-9-5-3-7-18(20)19-8-4-6-10-21(19)22/h2-10,17,22-23H,1,11-16H2,(H,27,32)(H,30,31). The lowest BCUT2D eigenvalue weighted by Crippen LogP contribution is -2.43. The number of aliphatic carboxylic acids is 1. The van der Waals surface area contributed by atoms with Gasteiger partial charge in [-0.25, -0.2) is 4.79 Å². The van der Waals surface area contributed by atoms with Crippen molar-refractivity contribution in [1.82, 2.24) is 10.2 Å². The van der Waals surface area contributed by atoms with Crippen LogP contribution >= 0.6 is 0 Å². The zero-order valence-corrected chi connectivity index (χ0v) is 18.4. The van der Waals surface area contributed by atoms with Gasteiger partial charge in [0.15, 0.2) is 0 Å². The van der Waals surface area contributed by atoms with E-state index in [4.69, 9.17) is 9.84 Å². The molecule has 1 fully saturated rings. The number of benzene rings is 2. The van der Waals surface area contributed by atoms with Gasteiger partial charge in [0.25, 0.3) is 0 Å². The highest BCUT2D eigenvalue weighted by Gasteiger charge is 2.36. The Morgan fingerprint density at radius 1 is 1.09 bits per heavy atom. The minimum atomic E-state index is -1.09. The highest BCUT2D eigenvalue weighted by atomic mass is 16.5. The molecule has 2 aliphatic rings. The Morgan fingerprint density at radius 3 is 2.24 bits per heavy atom. The number of carboxylic acids is 1. The van der Waals surface area contributed by atoms with E-state index in [1.54, 1.807) is 0 Å². The van der Waals surface area contributed by atoms with Gasteiger partial charge in [-0.05, 0) is 41.0 Å². The van der Waals surface area contributed by atoms with Crippen molar-refractivity contribution in [3.05, 3.63) is 72.3 Å². The Bertz CT molecular complexity index is 1020. The molecule has 1 atom stereocenters. The number of carboxylic acid groups (broad SMARTS) is 1. The van der Waals surface area contributed by atoms with E-state index in [9.17, 15) is 14.4 Å². The second-order valence-electron chi connectivity index (χ2n) is 8.57. The molecule has 2 amide bonds. The first-order chi connectivity index (χ1) is 16.0. The molecule has 0 aromatic heterocycles. The van der Waals surface area contributed by atoms with Crippen LogP contribution in [-0.2, 0) is 14.3 Å². The van der Waals surface area contributed by atoms with Gasteiger partial charge >= 0.3 is 12.1 Å². The van der Waals surface area contributed by atoms with Gasteiger partial charge in [-0.3, -0.25) is 9.59 Å². The number of amides is 2. The minimum Gasteiger partial charge on any atom is -0.480 e. The molecule has 7 heteroatoms. The molecular formula is C26H28N2O5. The molecule has 0 saturated heterocycles. The first-order valence-electron chi connectivity index (χ1n) is 11.2. The van der Waals surface area contributed by atoms with Crippen molar-refractivity contribution >= 4 is 18.0 Å². The first kappa shape index (κ1) is 22.6. The maximum atomic E-state index is 12.7. The number of carbonyl (C=O) groups excluding carboxylic acids is 2. The second kappa shape index (κ2) is 9.90. The minimum absolute atomic E-state index is 0.0377. The maximum Gasteiger partial charge on any atom is 0.407 e. The van der Waals surface area contributed by atoms with E-state index in [-0.39, 0.29) is 43.4 Å². The third-order valence-electron chi connectivity index (χ3n) is 6.26. The van der Waals surface area contributed by atoms with Crippen LogP contribution in [0.15, 0.2) is 61.2 Å². The average molecular weight is 449 g/mol. The van der Waals surface area contributed by atoms with Crippen molar-refractivity contribution in [3.63, 3.8) is 0 Å². The smallest absolute Gasteiger partial charge is 0.407 e. The van der Waals surface area contributed by atoms with Gasteiger partial charge in [-0.15, -0.1) is 6.58 Å². The molecule has 7 nitrogen and oxygen atoms in total. The Morgan fingerprint density at radius 2 is 1.70 bits per heavy atom. The number of hydrogen-bond donors (Lipinski definition) is 2. The van der Waals surface area contributed by atoms with E-state index in [0.717, 1.165) is 35.1 Å². The topological polar surface area (TPSA) is 95.9 Å². The van der Waals surface area contributed by atoms with Crippen LogP contribution in [0.5, 0.6) is 0 Å². The summed E-state index contributed by atoms with van der Waals surface area (Å²) in [5.41, 5.74) is 4.58. The van der Waals surface area contributed by atoms with Crippen molar-refractivity contribution in [2.45, 2.75) is 31.2 Å². The van der Waals surface area contributed by atoms with Gasteiger partial charge in [-0.2, -0.15) is 0 Å². The molecular weight excluding hydrogens is 420 g/mol. The summed E-state index contributed by atoms with van der Waals surface area (Å²) in [5.74, 6) is -1.25. The van der Waals surface area contributed by atoms with Gasteiger partial charge in [0.05, 0.1) is 0 Å². The number of rotatable bonds is 10. The summed E-state index contributed by atoms with van der Waals surface area (Å²) in [6.45, 7) is 3.53. The summed E-state index contributed by atoms with van der Waals surface area (Å²) in [4.78, 5) is 37.6. The zero-order valence-electron chi connectivity index (χ0n) is 18.4. The number of carbonyl (C=O) groups is 3. The molecule has 2 N–H and O–H groups in total. The molecule has 0 spiro atoms. The number of hydrogen-bond acceptors (Lipinski definition) is 4. The second-order valence-corrected chi connectivity index (χ2v) is 8.57. The SMILES string of the molecule is C=CCN(CC(=O)O)C(=O)CC(NC(=O)OCC1c2ccccc2-c2ccccc21)C1CC1. The monoisotopic (exact) mass is 448 g/mol. The molecule has 1 unspecified atom stereocenters. The predicted molar refractivity (Wildman–Crippen MR) is 124 cm³/mol. The largest absolute Gasteiger partial charge is 0.480 e. The van der Waals surface area contributed by atoms with E-state index < -0.39 is 18.6 Å². The summed E-state index contributed by atoms with van der Waals surface area (Å²) >= 11 is 0. The van der Waals surface area contributed by atoms with E-state index in [1.807, 2.05) is 24.3 Å². The Balaban J connectivity index is 1.38. The van der Waals surface area contributed by atoms with Gasteiger partial charge in [0.2, 0.25) is 5.91 Å².